The van der Waals surface area contributed by atoms with Gasteiger partial charge in [0.1, 0.15) is 11.6 Å². The zero-order chi connectivity index (χ0) is 15.8. The Kier molecular flexibility index (Phi) is 7.86. The first kappa shape index (κ1) is 18.1. The summed E-state index contributed by atoms with van der Waals surface area (Å²) < 4.78 is 0. The number of thioether (sulfide) groups is 1. The van der Waals surface area contributed by atoms with Gasteiger partial charge in [0.25, 0.3) is 0 Å². The third kappa shape index (κ3) is 6.55. The minimum absolute atomic E-state index is 0.706. The van der Waals surface area contributed by atoms with Crippen molar-refractivity contribution in [1.29, 1.82) is 0 Å². The quantitative estimate of drug-likeness (QED) is 0.548. The molecule has 0 saturated carbocycles. The number of hydrogen-bond donors (Lipinski definition) is 1. The Balaban J connectivity index is 2.93. The Morgan fingerprint density at radius 3 is 2.10 bits per heavy atom. The van der Waals surface area contributed by atoms with Gasteiger partial charge < -0.3 is 10.2 Å². The van der Waals surface area contributed by atoms with Crippen LogP contribution in [-0.2, 0) is 0 Å². The summed E-state index contributed by atoms with van der Waals surface area (Å²) in [4.78, 5) is 11.6. The molecule has 0 amide bonds. The zero-order valence-corrected chi connectivity index (χ0v) is 15.1. The molecule has 21 heavy (non-hydrogen) atoms. The highest BCUT2D eigenvalue weighted by Gasteiger charge is 2.12. The van der Waals surface area contributed by atoms with Crippen molar-refractivity contribution in [3.05, 3.63) is 6.07 Å². The second kappa shape index (κ2) is 9.13. The third-order valence-electron chi connectivity index (χ3n) is 3.41. The van der Waals surface area contributed by atoms with Crippen molar-refractivity contribution < 1.29 is 0 Å². The summed E-state index contributed by atoms with van der Waals surface area (Å²) in [7, 11) is 1.91. The number of anilines is 2. The smallest absolute Gasteiger partial charge is 0.191 e. The largest absolute Gasteiger partial charge is 0.373 e. The highest BCUT2D eigenvalue weighted by molar-refractivity contribution is 7.98. The maximum atomic E-state index is 4.69. The molecule has 1 aromatic rings. The lowest BCUT2D eigenvalue weighted by Gasteiger charge is -2.26. The van der Waals surface area contributed by atoms with Gasteiger partial charge in [-0.3, -0.25) is 0 Å². The Morgan fingerprint density at radius 2 is 1.67 bits per heavy atom. The Bertz CT molecular complexity index is 386. The van der Waals surface area contributed by atoms with Crippen LogP contribution in [0.25, 0.3) is 0 Å². The number of hydrogen-bond acceptors (Lipinski definition) is 5. The number of nitrogens with zero attached hydrogens (tertiary/aromatic N) is 3. The Labute approximate surface area is 134 Å². The highest BCUT2D eigenvalue weighted by Crippen LogP contribution is 2.22. The molecule has 0 spiro atoms. The van der Waals surface area contributed by atoms with Crippen molar-refractivity contribution in [2.45, 2.75) is 45.7 Å². The lowest BCUT2D eigenvalue weighted by atomic mass is 10.1. The van der Waals surface area contributed by atoms with Crippen LogP contribution in [0.1, 0.15) is 40.5 Å². The summed E-state index contributed by atoms with van der Waals surface area (Å²) in [6, 6.07) is 2.06. The first-order valence-corrected chi connectivity index (χ1v) is 9.04. The molecular weight excluding hydrogens is 280 g/mol. The maximum absolute atomic E-state index is 4.69. The lowest BCUT2D eigenvalue weighted by molar-refractivity contribution is 0.532. The van der Waals surface area contributed by atoms with Crippen LogP contribution in [-0.4, -0.2) is 36.4 Å². The van der Waals surface area contributed by atoms with E-state index in [1.807, 2.05) is 13.3 Å². The number of aromatic nitrogens is 2. The van der Waals surface area contributed by atoms with E-state index in [2.05, 4.69) is 49.0 Å². The molecule has 0 bridgehead atoms. The van der Waals surface area contributed by atoms with Crippen molar-refractivity contribution in [1.82, 2.24) is 9.97 Å². The molecule has 1 rings (SSSR count). The van der Waals surface area contributed by atoms with Crippen LogP contribution >= 0.6 is 11.8 Å². The van der Waals surface area contributed by atoms with Gasteiger partial charge in [0.05, 0.1) is 0 Å². The molecule has 0 aliphatic carbocycles. The fraction of sp³-hybridized carbons (Fsp3) is 0.750. The van der Waals surface area contributed by atoms with Crippen molar-refractivity contribution in [3.63, 3.8) is 0 Å². The number of nitrogens with one attached hydrogen (secondary N) is 1. The predicted octanol–water partition coefficient (Wildman–Crippen LogP) is 4.14. The topological polar surface area (TPSA) is 41.0 Å². The van der Waals surface area contributed by atoms with Crippen LogP contribution < -0.4 is 10.2 Å². The summed E-state index contributed by atoms with van der Waals surface area (Å²) in [6.45, 7) is 11.2. The van der Waals surface area contributed by atoms with Gasteiger partial charge in [-0.2, -0.15) is 0 Å². The van der Waals surface area contributed by atoms with E-state index in [9.17, 15) is 0 Å². The molecule has 0 aliphatic heterocycles. The minimum Gasteiger partial charge on any atom is -0.373 e. The van der Waals surface area contributed by atoms with Crippen LogP contribution in [0.3, 0.4) is 0 Å². The molecule has 0 aliphatic rings. The first-order valence-electron chi connectivity index (χ1n) is 7.82. The van der Waals surface area contributed by atoms with Crippen LogP contribution in [0, 0.1) is 11.8 Å². The highest BCUT2D eigenvalue weighted by atomic mass is 32.2. The zero-order valence-electron chi connectivity index (χ0n) is 14.3. The van der Waals surface area contributed by atoms with Gasteiger partial charge >= 0.3 is 0 Å². The van der Waals surface area contributed by atoms with Crippen molar-refractivity contribution >= 4 is 23.4 Å². The standard InChI is InChI=1S/C16H30N4S/c1-12(2)7-9-20(10-8-13(3)4)15-11-14(17-5)18-16(19-15)21-6/h11-13H,7-10H2,1-6H3,(H,17,18,19). The SMILES string of the molecule is CNc1cc(N(CCC(C)C)CCC(C)C)nc(SC)n1. The fourth-order valence-electron chi connectivity index (χ4n) is 1.96. The van der Waals surface area contributed by atoms with Gasteiger partial charge in [-0.05, 0) is 30.9 Å². The Hall–Kier alpha value is -0.970. The fourth-order valence-corrected chi connectivity index (χ4v) is 2.34. The van der Waals surface area contributed by atoms with Gasteiger partial charge in [-0.1, -0.05) is 39.5 Å². The normalized spacial score (nSPS) is 11.2. The summed E-state index contributed by atoms with van der Waals surface area (Å²) in [5, 5.41) is 3.97. The van der Waals surface area contributed by atoms with E-state index in [0.29, 0.717) is 11.8 Å². The molecule has 0 radical (unpaired) electrons. The molecule has 5 heteroatoms. The molecule has 0 aromatic carbocycles. The molecule has 0 atom stereocenters. The van der Waals surface area contributed by atoms with Crippen LogP contribution in [0.5, 0.6) is 0 Å². The molecule has 120 valence electrons. The third-order valence-corrected chi connectivity index (χ3v) is 3.96. The van der Waals surface area contributed by atoms with Gasteiger partial charge in [-0.25, -0.2) is 9.97 Å². The van der Waals surface area contributed by atoms with Crippen molar-refractivity contribution in [2.75, 3.05) is 36.6 Å². The van der Waals surface area contributed by atoms with E-state index in [4.69, 9.17) is 4.98 Å². The van der Waals surface area contributed by atoms with Gasteiger partial charge in [0, 0.05) is 26.2 Å². The van der Waals surface area contributed by atoms with Crippen LogP contribution in [0.4, 0.5) is 11.6 Å². The lowest BCUT2D eigenvalue weighted by Crippen LogP contribution is -2.28. The molecule has 0 fully saturated rings. The van der Waals surface area contributed by atoms with E-state index in [1.165, 1.54) is 12.8 Å². The first-order chi connectivity index (χ1) is 9.96. The molecule has 0 unspecified atom stereocenters. The second-order valence-electron chi connectivity index (χ2n) is 6.20. The average molecular weight is 311 g/mol. The van der Waals surface area contributed by atoms with Gasteiger partial charge in [0.15, 0.2) is 5.16 Å². The van der Waals surface area contributed by atoms with E-state index in [1.54, 1.807) is 11.8 Å². The molecule has 4 nitrogen and oxygen atoms in total. The minimum atomic E-state index is 0.706. The number of rotatable bonds is 9. The van der Waals surface area contributed by atoms with E-state index in [0.717, 1.165) is 29.9 Å². The van der Waals surface area contributed by atoms with Crippen LogP contribution in [0.15, 0.2) is 11.2 Å². The van der Waals surface area contributed by atoms with Crippen LogP contribution in [0.2, 0.25) is 0 Å². The van der Waals surface area contributed by atoms with Crippen molar-refractivity contribution in [2.24, 2.45) is 11.8 Å². The summed E-state index contributed by atoms with van der Waals surface area (Å²) in [6.07, 6.45) is 4.39. The Morgan fingerprint density at radius 1 is 1.10 bits per heavy atom. The second-order valence-corrected chi connectivity index (χ2v) is 6.97. The molecule has 1 aromatic heterocycles. The van der Waals surface area contributed by atoms with Gasteiger partial charge in [0.2, 0.25) is 0 Å². The summed E-state index contributed by atoms with van der Waals surface area (Å²) in [5.74, 6) is 3.35. The summed E-state index contributed by atoms with van der Waals surface area (Å²) >= 11 is 1.59. The predicted molar refractivity (Wildman–Crippen MR) is 94.5 cm³/mol. The average Bonchev–Trinajstić information content (AvgIpc) is 2.46. The molecular formula is C16H30N4S. The molecule has 1 N–H and O–H groups in total. The van der Waals surface area contributed by atoms with E-state index < -0.39 is 0 Å². The van der Waals surface area contributed by atoms with Crippen molar-refractivity contribution in [3.8, 4) is 0 Å². The molecule has 1 heterocycles. The summed E-state index contributed by atoms with van der Waals surface area (Å²) in [5.41, 5.74) is 0. The molecule has 0 saturated heterocycles. The van der Waals surface area contributed by atoms with E-state index in [-0.39, 0.29) is 0 Å². The monoisotopic (exact) mass is 310 g/mol. The van der Waals surface area contributed by atoms with Gasteiger partial charge in [-0.15, -0.1) is 0 Å². The maximum Gasteiger partial charge on any atom is 0.191 e. The van der Waals surface area contributed by atoms with E-state index >= 15 is 0 Å².